The van der Waals surface area contributed by atoms with Gasteiger partial charge in [0.2, 0.25) is 15.9 Å². The van der Waals surface area contributed by atoms with Crippen molar-refractivity contribution in [2.24, 2.45) is 5.92 Å². The molecule has 0 aliphatic carbocycles. The van der Waals surface area contributed by atoms with E-state index in [-0.39, 0.29) is 59.2 Å². The van der Waals surface area contributed by atoms with Crippen LogP contribution in [0.1, 0.15) is 44.2 Å². The average Bonchev–Trinajstić information content (AvgIpc) is 3.05. The van der Waals surface area contributed by atoms with Gasteiger partial charge in [0.05, 0.1) is 27.3 Å². The number of nitrogens with one attached hydrogen (secondary N) is 1. The van der Waals surface area contributed by atoms with Crippen LogP contribution < -0.4 is 5.32 Å². The van der Waals surface area contributed by atoms with Gasteiger partial charge in [0.15, 0.2) is 0 Å². The summed E-state index contributed by atoms with van der Waals surface area (Å²) in [6.45, 7) is 4.15. The lowest BCUT2D eigenvalue weighted by Crippen LogP contribution is -2.59. The van der Waals surface area contributed by atoms with Crippen LogP contribution in [0.4, 0.5) is 13.2 Å². The van der Waals surface area contributed by atoms with Gasteiger partial charge in [-0.05, 0) is 55.0 Å². The maximum Gasteiger partial charge on any atom is 0.416 e. The molecule has 2 aromatic rings. The lowest BCUT2D eigenvalue weighted by atomic mass is 9.96. The van der Waals surface area contributed by atoms with Gasteiger partial charge in [-0.3, -0.25) is 10.1 Å². The van der Waals surface area contributed by atoms with Gasteiger partial charge in [0.25, 0.3) is 0 Å². The van der Waals surface area contributed by atoms with Crippen molar-refractivity contribution in [3.05, 3.63) is 63.6 Å². The molecule has 37 heavy (non-hydrogen) atoms. The molecule has 1 amide bonds. The predicted octanol–water partition coefficient (Wildman–Crippen LogP) is 5.54. The van der Waals surface area contributed by atoms with Gasteiger partial charge < -0.3 is 4.90 Å². The van der Waals surface area contributed by atoms with Crippen molar-refractivity contribution in [3.8, 4) is 0 Å². The first-order valence-electron chi connectivity index (χ1n) is 11.9. The molecular weight excluding hydrogens is 550 g/mol. The van der Waals surface area contributed by atoms with Gasteiger partial charge in [0, 0.05) is 19.6 Å². The third-order valence-corrected chi connectivity index (χ3v) is 9.78. The second-order valence-electron chi connectivity index (χ2n) is 9.94. The lowest BCUT2D eigenvalue weighted by Gasteiger charge is -2.44. The zero-order valence-electron chi connectivity index (χ0n) is 20.4. The van der Waals surface area contributed by atoms with Gasteiger partial charge in [0.1, 0.15) is 4.90 Å². The Kier molecular flexibility index (Phi) is 7.90. The molecule has 2 fully saturated rings. The van der Waals surface area contributed by atoms with Crippen LogP contribution >= 0.6 is 23.2 Å². The molecule has 1 atom stereocenters. The standard InChI is InChI=1S/C25H28Cl2F3N3O3S/c1-16(2)13-20-23(34)33(15-17-5-3-6-18(14-17)25(28,29)30)24(31-20)9-11-32(12-10-24)37(35,36)21-8-4-7-19(26)22(21)27/h3-8,14,16,20,31H,9-13,15H2,1-2H3/t20-/m1/s1. The predicted molar refractivity (Wildman–Crippen MR) is 136 cm³/mol. The van der Waals surface area contributed by atoms with Crippen LogP contribution in [-0.4, -0.2) is 48.3 Å². The highest BCUT2D eigenvalue weighted by atomic mass is 35.5. The molecule has 12 heteroatoms. The highest BCUT2D eigenvalue weighted by Crippen LogP contribution is 2.39. The molecular formula is C25H28Cl2F3N3O3S. The topological polar surface area (TPSA) is 69.7 Å². The molecule has 4 rings (SSSR count). The Morgan fingerprint density at radius 3 is 2.38 bits per heavy atom. The molecule has 0 unspecified atom stereocenters. The van der Waals surface area contributed by atoms with Crippen molar-refractivity contribution < 1.29 is 26.4 Å². The summed E-state index contributed by atoms with van der Waals surface area (Å²) in [4.78, 5) is 15.0. The van der Waals surface area contributed by atoms with Crippen molar-refractivity contribution >= 4 is 39.1 Å². The summed E-state index contributed by atoms with van der Waals surface area (Å²) >= 11 is 12.2. The smallest absolute Gasteiger partial charge is 0.319 e. The first-order chi connectivity index (χ1) is 17.2. The summed E-state index contributed by atoms with van der Waals surface area (Å²) in [5.41, 5.74) is -1.30. The second kappa shape index (κ2) is 10.4. The van der Waals surface area contributed by atoms with Crippen molar-refractivity contribution in [2.75, 3.05) is 13.1 Å². The van der Waals surface area contributed by atoms with E-state index < -0.39 is 33.5 Å². The van der Waals surface area contributed by atoms with E-state index in [0.717, 1.165) is 12.1 Å². The molecule has 0 aromatic heterocycles. The van der Waals surface area contributed by atoms with Gasteiger partial charge in [-0.1, -0.05) is 55.2 Å². The van der Waals surface area contributed by atoms with Gasteiger partial charge in [-0.25, -0.2) is 8.42 Å². The fraction of sp³-hybridized carbons (Fsp3) is 0.480. The van der Waals surface area contributed by atoms with E-state index >= 15 is 0 Å². The van der Waals surface area contributed by atoms with E-state index in [2.05, 4.69) is 5.32 Å². The monoisotopic (exact) mass is 577 g/mol. The highest BCUT2D eigenvalue weighted by Gasteiger charge is 2.52. The lowest BCUT2D eigenvalue weighted by molar-refractivity contribution is -0.137. The number of sulfonamides is 1. The van der Waals surface area contributed by atoms with Crippen molar-refractivity contribution in [3.63, 3.8) is 0 Å². The van der Waals surface area contributed by atoms with E-state index in [4.69, 9.17) is 23.2 Å². The summed E-state index contributed by atoms with van der Waals surface area (Å²) in [6.07, 6.45) is -3.41. The molecule has 0 saturated carbocycles. The fourth-order valence-electron chi connectivity index (χ4n) is 5.09. The number of benzene rings is 2. The molecule has 202 valence electrons. The Morgan fingerprint density at radius 1 is 1.11 bits per heavy atom. The largest absolute Gasteiger partial charge is 0.416 e. The molecule has 2 heterocycles. The number of hydrogen-bond acceptors (Lipinski definition) is 4. The Labute approximate surface area is 224 Å². The van der Waals surface area contributed by atoms with E-state index in [1.165, 1.54) is 28.6 Å². The van der Waals surface area contributed by atoms with Crippen molar-refractivity contribution in [1.82, 2.24) is 14.5 Å². The summed E-state index contributed by atoms with van der Waals surface area (Å²) in [7, 11) is -3.95. The number of nitrogens with zero attached hydrogens (tertiary/aromatic N) is 2. The summed E-state index contributed by atoms with van der Waals surface area (Å²) < 4.78 is 67.8. The zero-order valence-corrected chi connectivity index (χ0v) is 22.7. The van der Waals surface area contributed by atoms with E-state index in [1.54, 1.807) is 11.0 Å². The van der Waals surface area contributed by atoms with Crippen LogP contribution in [0.2, 0.25) is 10.0 Å². The third-order valence-electron chi connectivity index (χ3n) is 6.91. The molecule has 2 aromatic carbocycles. The molecule has 1 N–H and O–H groups in total. The number of hydrogen-bond donors (Lipinski definition) is 1. The SMILES string of the molecule is CC(C)C[C@H]1NC2(CCN(S(=O)(=O)c3cccc(Cl)c3Cl)CC2)N(Cc2cccc(C(F)(F)F)c2)C1=O. The minimum atomic E-state index is -4.50. The summed E-state index contributed by atoms with van der Waals surface area (Å²) in [5.74, 6) is 0.0118. The quantitative estimate of drug-likeness (QED) is 0.489. The first-order valence-corrected chi connectivity index (χ1v) is 14.1. The summed E-state index contributed by atoms with van der Waals surface area (Å²) in [5, 5.41) is 3.49. The van der Waals surface area contributed by atoms with Crippen molar-refractivity contribution in [2.45, 2.75) is 62.4 Å². The summed E-state index contributed by atoms with van der Waals surface area (Å²) in [6, 6.07) is 8.84. The fourth-order valence-corrected chi connectivity index (χ4v) is 7.26. The van der Waals surface area contributed by atoms with Crippen LogP contribution in [0, 0.1) is 5.92 Å². The first kappa shape index (κ1) is 28.2. The van der Waals surface area contributed by atoms with Gasteiger partial charge in [-0.15, -0.1) is 0 Å². The molecule has 1 spiro atoms. The van der Waals surface area contributed by atoms with Crippen LogP contribution in [0.25, 0.3) is 0 Å². The molecule has 2 aliphatic heterocycles. The van der Waals surface area contributed by atoms with Crippen LogP contribution in [0.3, 0.4) is 0 Å². The minimum Gasteiger partial charge on any atom is -0.319 e. The van der Waals surface area contributed by atoms with Crippen LogP contribution in [-0.2, 0) is 27.5 Å². The number of amides is 1. The average molecular weight is 578 g/mol. The Balaban J connectivity index is 1.61. The van der Waals surface area contributed by atoms with E-state index in [0.29, 0.717) is 12.0 Å². The Hall–Kier alpha value is -1.85. The number of piperidine rings is 1. The van der Waals surface area contributed by atoms with E-state index in [1.807, 2.05) is 13.8 Å². The molecule has 0 radical (unpaired) electrons. The maximum absolute atomic E-state index is 13.5. The molecule has 2 aliphatic rings. The van der Waals surface area contributed by atoms with E-state index in [9.17, 15) is 26.4 Å². The van der Waals surface area contributed by atoms with Crippen LogP contribution in [0.15, 0.2) is 47.4 Å². The highest BCUT2D eigenvalue weighted by molar-refractivity contribution is 7.89. The number of carbonyl (C=O) groups is 1. The Bertz CT molecular complexity index is 1280. The number of carbonyl (C=O) groups excluding carboxylic acids is 1. The Morgan fingerprint density at radius 2 is 1.76 bits per heavy atom. The molecule has 2 saturated heterocycles. The second-order valence-corrected chi connectivity index (χ2v) is 12.6. The normalized spacial score (nSPS) is 20.8. The van der Waals surface area contributed by atoms with Gasteiger partial charge in [-0.2, -0.15) is 17.5 Å². The van der Waals surface area contributed by atoms with Crippen LogP contribution in [0.5, 0.6) is 0 Å². The van der Waals surface area contributed by atoms with Crippen molar-refractivity contribution in [1.29, 1.82) is 0 Å². The number of halogens is 5. The minimum absolute atomic E-state index is 0.0166. The van der Waals surface area contributed by atoms with Gasteiger partial charge >= 0.3 is 6.18 Å². The third kappa shape index (κ3) is 5.63. The molecule has 0 bridgehead atoms. The number of alkyl halides is 3. The number of rotatable bonds is 6. The molecule has 6 nitrogen and oxygen atoms in total. The maximum atomic E-state index is 13.5. The zero-order chi connectivity index (χ0) is 27.2.